The summed E-state index contributed by atoms with van der Waals surface area (Å²) in [6.45, 7) is 6.20. The Kier molecular flexibility index (Phi) is 2.73. The Morgan fingerprint density at radius 2 is 1.87 bits per heavy atom. The van der Waals surface area contributed by atoms with Gasteiger partial charge in [0.25, 0.3) is 0 Å². The molecule has 1 heterocycles. The van der Waals surface area contributed by atoms with Crippen LogP contribution >= 0.6 is 27.5 Å². The fourth-order valence-corrected chi connectivity index (χ4v) is 2.57. The van der Waals surface area contributed by atoms with Crippen LogP contribution in [0.5, 0.6) is 0 Å². The number of hydrogen-bond acceptors (Lipinski definition) is 1. The van der Waals surface area contributed by atoms with Crippen LogP contribution in [0.3, 0.4) is 0 Å². The summed E-state index contributed by atoms with van der Waals surface area (Å²) in [6.07, 6.45) is 1.84. The predicted octanol–water partition coefficient (Wildman–Crippen LogP) is 4.58. The third-order valence-electron chi connectivity index (χ3n) is 2.73. The summed E-state index contributed by atoms with van der Waals surface area (Å²) >= 11 is 9.78. The minimum Gasteiger partial charge on any atom is -0.254 e. The van der Waals surface area contributed by atoms with Gasteiger partial charge in [-0.15, -0.1) is 0 Å². The van der Waals surface area contributed by atoms with Gasteiger partial charge in [-0.1, -0.05) is 11.6 Å². The van der Waals surface area contributed by atoms with Gasteiger partial charge >= 0.3 is 0 Å². The fraction of sp³-hybridized carbons (Fsp3) is 0.250. The molecule has 0 atom stereocenters. The molecular weight excluding hydrogens is 273 g/mol. The summed E-state index contributed by atoms with van der Waals surface area (Å²) in [5, 5.41) is 1.84. The number of pyridine rings is 1. The van der Waals surface area contributed by atoms with Crippen molar-refractivity contribution in [3.05, 3.63) is 38.4 Å². The second-order valence-corrected chi connectivity index (χ2v) is 4.98. The first-order chi connectivity index (χ1) is 7.02. The van der Waals surface area contributed by atoms with Crippen molar-refractivity contribution in [2.45, 2.75) is 20.8 Å². The Labute approximate surface area is 103 Å². The average Bonchev–Trinajstić information content (AvgIpc) is 2.19. The van der Waals surface area contributed by atoms with Gasteiger partial charge in [0.1, 0.15) is 0 Å². The van der Waals surface area contributed by atoms with Crippen molar-refractivity contribution in [1.82, 2.24) is 4.98 Å². The van der Waals surface area contributed by atoms with Crippen molar-refractivity contribution in [1.29, 1.82) is 0 Å². The van der Waals surface area contributed by atoms with Gasteiger partial charge in [0.15, 0.2) is 0 Å². The van der Waals surface area contributed by atoms with Gasteiger partial charge in [-0.25, -0.2) is 0 Å². The van der Waals surface area contributed by atoms with Crippen LogP contribution in [0, 0.1) is 20.8 Å². The smallest absolute Gasteiger partial charge is 0.0902 e. The topological polar surface area (TPSA) is 12.9 Å². The third-order valence-corrected chi connectivity index (χ3v) is 4.04. The minimum atomic E-state index is 0.716. The van der Waals surface area contributed by atoms with Crippen molar-refractivity contribution < 1.29 is 0 Å². The van der Waals surface area contributed by atoms with E-state index in [1.165, 1.54) is 11.1 Å². The summed E-state index contributed by atoms with van der Waals surface area (Å²) in [5.74, 6) is 0. The number of nitrogens with zero attached hydrogens (tertiary/aromatic N) is 1. The molecular formula is C12H11BrClN. The van der Waals surface area contributed by atoms with Crippen LogP contribution < -0.4 is 0 Å². The van der Waals surface area contributed by atoms with Gasteiger partial charge in [-0.05, 0) is 59.5 Å². The largest absolute Gasteiger partial charge is 0.254 e. The molecule has 0 unspecified atom stereocenters. The quantitative estimate of drug-likeness (QED) is 0.690. The Hall–Kier alpha value is -0.600. The Morgan fingerprint density at radius 1 is 1.20 bits per heavy atom. The zero-order valence-electron chi connectivity index (χ0n) is 8.86. The van der Waals surface area contributed by atoms with Crippen molar-refractivity contribution >= 4 is 38.4 Å². The van der Waals surface area contributed by atoms with Crippen LogP contribution in [0.4, 0.5) is 0 Å². The van der Waals surface area contributed by atoms with E-state index in [-0.39, 0.29) is 0 Å². The molecule has 15 heavy (non-hydrogen) atoms. The second-order valence-electron chi connectivity index (χ2n) is 3.78. The van der Waals surface area contributed by atoms with Crippen LogP contribution in [0.2, 0.25) is 5.02 Å². The molecule has 0 saturated carbocycles. The molecule has 78 valence electrons. The molecule has 0 aliphatic rings. The van der Waals surface area contributed by atoms with Gasteiger partial charge in [-0.2, -0.15) is 0 Å². The molecule has 0 saturated heterocycles. The molecule has 2 rings (SSSR count). The van der Waals surface area contributed by atoms with Crippen LogP contribution in [-0.4, -0.2) is 4.98 Å². The first-order valence-electron chi connectivity index (χ1n) is 4.73. The van der Waals surface area contributed by atoms with E-state index in [9.17, 15) is 0 Å². The van der Waals surface area contributed by atoms with Gasteiger partial charge in [-0.3, -0.25) is 4.98 Å². The lowest BCUT2D eigenvalue weighted by atomic mass is 10.0. The molecule has 1 nitrogen and oxygen atoms in total. The Morgan fingerprint density at radius 3 is 2.53 bits per heavy atom. The van der Waals surface area contributed by atoms with Gasteiger partial charge < -0.3 is 0 Å². The highest BCUT2D eigenvalue weighted by molar-refractivity contribution is 9.10. The highest BCUT2D eigenvalue weighted by Crippen LogP contribution is 2.34. The molecule has 0 aliphatic carbocycles. The van der Waals surface area contributed by atoms with Crippen molar-refractivity contribution in [3.63, 3.8) is 0 Å². The third kappa shape index (κ3) is 1.66. The van der Waals surface area contributed by atoms with E-state index in [2.05, 4.69) is 34.8 Å². The zero-order chi connectivity index (χ0) is 11.2. The lowest BCUT2D eigenvalue weighted by molar-refractivity contribution is 1.28. The number of aromatic nitrogens is 1. The van der Waals surface area contributed by atoms with E-state index in [4.69, 9.17) is 11.6 Å². The molecule has 0 radical (unpaired) electrons. The normalized spacial score (nSPS) is 11.0. The van der Waals surface area contributed by atoms with E-state index in [1.54, 1.807) is 0 Å². The number of halogens is 2. The summed E-state index contributed by atoms with van der Waals surface area (Å²) in [6, 6.07) is 1.97. The van der Waals surface area contributed by atoms with Gasteiger partial charge in [0.05, 0.1) is 10.5 Å². The molecule has 0 amide bonds. The minimum absolute atomic E-state index is 0.716. The van der Waals surface area contributed by atoms with Crippen molar-refractivity contribution in [3.8, 4) is 0 Å². The van der Waals surface area contributed by atoms with Gasteiger partial charge in [0.2, 0.25) is 0 Å². The molecule has 0 bridgehead atoms. The van der Waals surface area contributed by atoms with E-state index in [1.807, 2.05) is 19.2 Å². The first-order valence-corrected chi connectivity index (χ1v) is 5.90. The van der Waals surface area contributed by atoms with Gasteiger partial charge in [0, 0.05) is 16.1 Å². The molecule has 1 aromatic heterocycles. The number of hydrogen-bond donors (Lipinski definition) is 0. The average molecular weight is 285 g/mol. The number of benzene rings is 1. The Balaban J connectivity index is 3.04. The maximum Gasteiger partial charge on any atom is 0.0902 e. The first kappa shape index (κ1) is 10.9. The molecule has 1 aromatic carbocycles. The summed E-state index contributed by atoms with van der Waals surface area (Å²) in [5.41, 5.74) is 4.43. The molecule has 0 fully saturated rings. The van der Waals surface area contributed by atoms with Crippen LogP contribution in [0.1, 0.15) is 16.7 Å². The molecule has 0 N–H and O–H groups in total. The van der Waals surface area contributed by atoms with E-state index < -0.39 is 0 Å². The standard InChI is InChI=1S/C12H11BrClN/c1-6-4-9(14)12-10(8(6)3)11(13)7(2)5-15-12/h4-5H,1-3H3. The van der Waals surface area contributed by atoms with Crippen LogP contribution in [0.25, 0.3) is 10.9 Å². The lowest BCUT2D eigenvalue weighted by Crippen LogP contribution is -1.91. The highest BCUT2D eigenvalue weighted by atomic mass is 79.9. The molecule has 2 aromatic rings. The highest BCUT2D eigenvalue weighted by Gasteiger charge is 2.11. The van der Waals surface area contributed by atoms with E-state index >= 15 is 0 Å². The maximum absolute atomic E-state index is 6.18. The second kappa shape index (κ2) is 3.76. The molecule has 3 heteroatoms. The number of rotatable bonds is 0. The summed E-state index contributed by atoms with van der Waals surface area (Å²) in [4.78, 5) is 4.38. The van der Waals surface area contributed by atoms with Crippen molar-refractivity contribution in [2.24, 2.45) is 0 Å². The Bertz CT molecular complexity index is 541. The summed E-state index contributed by atoms with van der Waals surface area (Å²) in [7, 11) is 0. The zero-order valence-corrected chi connectivity index (χ0v) is 11.2. The number of aryl methyl sites for hydroxylation is 3. The fourth-order valence-electron chi connectivity index (χ4n) is 1.67. The molecule has 0 spiro atoms. The van der Waals surface area contributed by atoms with E-state index in [0.717, 1.165) is 20.9 Å². The molecule has 0 aliphatic heterocycles. The van der Waals surface area contributed by atoms with Crippen LogP contribution in [0.15, 0.2) is 16.7 Å². The monoisotopic (exact) mass is 283 g/mol. The van der Waals surface area contributed by atoms with Crippen LogP contribution in [-0.2, 0) is 0 Å². The number of fused-ring (bicyclic) bond motifs is 1. The lowest BCUT2D eigenvalue weighted by Gasteiger charge is -2.10. The predicted molar refractivity (Wildman–Crippen MR) is 68.7 cm³/mol. The van der Waals surface area contributed by atoms with E-state index in [0.29, 0.717) is 5.02 Å². The SMILES string of the molecule is Cc1cc(Cl)c2ncc(C)c(Br)c2c1C. The summed E-state index contributed by atoms with van der Waals surface area (Å²) < 4.78 is 1.09. The maximum atomic E-state index is 6.18. The van der Waals surface area contributed by atoms with Crippen molar-refractivity contribution in [2.75, 3.05) is 0 Å².